The first-order valence-corrected chi connectivity index (χ1v) is 10.0. The Kier molecular flexibility index (Phi) is 5.24. The van der Waals surface area contributed by atoms with Gasteiger partial charge in [0.25, 0.3) is 0 Å². The summed E-state index contributed by atoms with van der Waals surface area (Å²) in [6, 6.07) is 10.1. The Hall–Kier alpha value is -2.45. The second-order valence-electron chi connectivity index (χ2n) is 5.18. The van der Waals surface area contributed by atoms with Gasteiger partial charge in [0.15, 0.2) is 0 Å². The van der Waals surface area contributed by atoms with Crippen LogP contribution in [-0.2, 0) is 11.8 Å². The van der Waals surface area contributed by atoms with Gasteiger partial charge in [0.1, 0.15) is 34.9 Å². The maximum absolute atomic E-state index is 9.20. The maximum atomic E-state index is 9.20. The fraction of sp³-hybridized carbons (Fsp3) is 0.125. The van der Waals surface area contributed by atoms with E-state index in [0.717, 1.165) is 5.39 Å². The summed E-state index contributed by atoms with van der Waals surface area (Å²) in [4.78, 5) is 26.9. The van der Waals surface area contributed by atoms with E-state index in [-0.39, 0.29) is 5.75 Å². The summed E-state index contributed by atoms with van der Waals surface area (Å²) in [5.41, 5.74) is 1.36. The van der Waals surface area contributed by atoms with Crippen LogP contribution in [0.1, 0.15) is 0 Å². The van der Waals surface area contributed by atoms with Gasteiger partial charge >= 0.3 is 6.72 Å². The Bertz CT molecular complexity index is 978. The average molecular weight is 393 g/mol. The summed E-state index contributed by atoms with van der Waals surface area (Å²) in [7, 11) is 3.13. The lowest BCUT2D eigenvalue weighted by atomic mass is 10.2. The second-order valence-corrected chi connectivity index (χ2v) is 7.77. The van der Waals surface area contributed by atoms with Crippen molar-refractivity contribution in [1.82, 2.24) is 9.97 Å². The standard InChI is InChI=1S/C16H16N3O5PS/c1-22-12-7-13-15(14(8-12)23-2)17-9-18-16(13)19-10-3-5-11(6-4-10)24-25(20,21)26/h3-9H,1-2H3,(H,17,18,19)(H2,20,21,26). The van der Waals surface area contributed by atoms with Crippen LogP contribution in [0.2, 0.25) is 0 Å². The van der Waals surface area contributed by atoms with E-state index in [9.17, 15) is 9.79 Å². The number of methoxy groups -OCH3 is 2. The summed E-state index contributed by atoms with van der Waals surface area (Å²) in [6.45, 7) is -3.76. The molecule has 2 aromatic carbocycles. The number of rotatable bonds is 6. The van der Waals surface area contributed by atoms with Crippen molar-refractivity contribution in [3.8, 4) is 17.2 Å². The predicted molar refractivity (Wildman–Crippen MR) is 102 cm³/mol. The highest BCUT2D eigenvalue weighted by atomic mass is 32.5. The van der Waals surface area contributed by atoms with Gasteiger partial charge in [0.2, 0.25) is 0 Å². The molecule has 136 valence electrons. The molecule has 1 heterocycles. The van der Waals surface area contributed by atoms with Crippen molar-refractivity contribution in [2.45, 2.75) is 0 Å². The van der Waals surface area contributed by atoms with Crippen LogP contribution in [-0.4, -0.2) is 34.0 Å². The lowest BCUT2D eigenvalue weighted by molar-refractivity contribution is 0.370. The smallest absolute Gasteiger partial charge is 0.375 e. The summed E-state index contributed by atoms with van der Waals surface area (Å²) < 4.78 is 15.6. The normalized spacial score (nSPS) is 11.2. The van der Waals surface area contributed by atoms with Crippen molar-refractivity contribution >= 4 is 40.9 Å². The lowest BCUT2D eigenvalue weighted by Gasteiger charge is -2.13. The number of nitrogens with one attached hydrogen (secondary N) is 1. The first kappa shape index (κ1) is 18.3. The minimum absolute atomic E-state index is 0.264. The number of ether oxygens (including phenoxy) is 2. The van der Waals surface area contributed by atoms with E-state index in [0.29, 0.717) is 28.5 Å². The molecule has 0 unspecified atom stereocenters. The van der Waals surface area contributed by atoms with Crippen LogP contribution >= 0.6 is 6.72 Å². The molecule has 3 rings (SSSR count). The minimum atomic E-state index is -3.76. The van der Waals surface area contributed by atoms with E-state index in [1.165, 1.54) is 6.33 Å². The monoisotopic (exact) mass is 393 g/mol. The van der Waals surface area contributed by atoms with Crippen LogP contribution < -0.4 is 19.3 Å². The number of hydrogen-bond donors (Lipinski definition) is 3. The Morgan fingerprint density at radius 3 is 2.35 bits per heavy atom. The second kappa shape index (κ2) is 7.43. The molecule has 0 atom stereocenters. The van der Waals surface area contributed by atoms with E-state index in [2.05, 4.69) is 27.1 Å². The van der Waals surface area contributed by atoms with Gasteiger partial charge in [-0.05, 0) is 30.3 Å². The van der Waals surface area contributed by atoms with E-state index >= 15 is 0 Å². The summed E-state index contributed by atoms with van der Waals surface area (Å²) in [5.74, 6) is 2.02. The van der Waals surface area contributed by atoms with E-state index in [1.807, 2.05) is 6.07 Å². The van der Waals surface area contributed by atoms with Gasteiger partial charge in [-0.25, -0.2) is 9.97 Å². The molecule has 0 aliphatic carbocycles. The van der Waals surface area contributed by atoms with Crippen LogP contribution in [0.5, 0.6) is 17.2 Å². The van der Waals surface area contributed by atoms with Crippen molar-refractivity contribution < 1.29 is 23.8 Å². The molecule has 0 spiro atoms. The Morgan fingerprint density at radius 1 is 1.00 bits per heavy atom. The molecule has 3 N–H and O–H groups in total. The third kappa shape index (κ3) is 4.20. The van der Waals surface area contributed by atoms with Crippen molar-refractivity contribution in [2.75, 3.05) is 19.5 Å². The van der Waals surface area contributed by atoms with Gasteiger partial charge in [-0.3, -0.25) is 0 Å². The van der Waals surface area contributed by atoms with Gasteiger partial charge in [0, 0.05) is 23.6 Å². The van der Waals surface area contributed by atoms with Crippen LogP contribution in [0, 0.1) is 0 Å². The van der Waals surface area contributed by atoms with Crippen molar-refractivity contribution in [3.05, 3.63) is 42.7 Å². The fourth-order valence-corrected chi connectivity index (χ4v) is 3.01. The zero-order chi connectivity index (χ0) is 18.7. The molecule has 0 saturated heterocycles. The molecular weight excluding hydrogens is 377 g/mol. The van der Waals surface area contributed by atoms with Crippen LogP contribution in [0.15, 0.2) is 42.7 Å². The highest BCUT2D eigenvalue weighted by molar-refractivity contribution is 8.06. The Morgan fingerprint density at radius 2 is 1.73 bits per heavy atom. The van der Waals surface area contributed by atoms with Crippen LogP contribution in [0.25, 0.3) is 10.9 Å². The zero-order valence-corrected chi connectivity index (χ0v) is 15.6. The van der Waals surface area contributed by atoms with Gasteiger partial charge in [0.05, 0.1) is 19.6 Å². The van der Waals surface area contributed by atoms with E-state index < -0.39 is 6.72 Å². The number of aromatic nitrogens is 2. The molecule has 0 radical (unpaired) electrons. The largest absolute Gasteiger partial charge is 0.497 e. The molecule has 0 aliphatic heterocycles. The molecule has 10 heteroatoms. The SMILES string of the molecule is COc1cc(OC)c2ncnc(Nc3ccc(OP(O)(O)=S)cc3)c2c1. The lowest BCUT2D eigenvalue weighted by Crippen LogP contribution is -1.98. The third-order valence-corrected chi connectivity index (χ3v) is 4.15. The third-order valence-electron chi connectivity index (χ3n) is 3.47. The average Bonchev–Trinajstić information content (AvgIpc) is 2.61. The first-order valence-electron chi connectivity index (χ1n) is 7.38. The van der Waals surface area contributed by atoms with Crippen molar-refractivity contribution in [2.24, 2.45) is 0 Å². The van der Waals surface area contributed by atoms with E-state index in [1.54, 1.807) is 44.6 Å². The van der Waals surface area contributed by atoms with Crippen molar-refractivity contribution in [3.63, 3.8) is 0 Å². The summed E-state index contributed by atoms with van der Waals surface area (Å²) >= 11 is 4.45. The van der Waals surface area contributed by atoms with Crippen molar-refractivity contribution in [1.29, 1.82) is 0 Å². The highest BCUT2D eigenvalue weighted by Gasteiger charge is 2.12. The number of anilines is 2. The van der Waals surface area contributed by atoms with Crippen LogP contribution in [0.4, 0.5) is 11.5 Å². The molecule has 0 amide bonds. The number of fused-ring (bicyclic) bond motifs is 1. The molecule has 8 nitrogen and oxygen atoms in total. The highest BCUT2D eigenvalue weighted by Crippen LogP contribution is 2.38. The molecule has 3 aromatic rings. The molecule has 0 saturated carbocycles. The Balaban J connectivity index is 1.95. The predicted octanol–water partition coefficient (Wildman–Crippen LogP) is 2.98. The summed E-state index contributed by atoms with van der Waals surface area (Å²) in [6.07, 6.45) is 1.44. The quantitative estimate of drug-likeness (QED) is 0.545. The number of nitrogens with zero attached hydrogens (tertiary/aromatic N) is 2. The molecular formula is C16H16N3O5PS. The number of hydrogen-bond acceptors (Lipinski definition) is 7. The zero-order valence-electron chi connectivity index (χ0n) is 13.9. The summed E-state index contributed by atoms with van der Waals surface area (Å²) in [5, 5.41) is 3.91. The molecule has 26 heavy (non-hydrogen) atoms. The molecule has 1 aromatic heterocycles. The van der Waals surface area contributed by atoms with Crippen LogP contribution in [0.3, 0.4) is 0 Å². The number of benzene rings is 2. The van der Waals surface area contributed by atoms with Gasteiger partial charge in [-0.15, -0.1) is 0 Å². The topological polar surface area (TPSA) is 106 Å². The molecule has 0 bridgehead atoms. The van der Waals surface area contributed by atoms with Gasteiger partial charge in [-0.1, -0.05) is 0 Å². The van der Waals surface area contributed by atoms with Gasteiger partial charge in [-0.2, -0.15) is 0 Å². The van der Waals surface area contributed by atoms with Gasteiger partial charge < -0.3 is 29.1 Å². The fourth-order valence-electron chi connectivity index (χ4n) is 2.36. The minimum Gasteiger partial charge on any atom is -0.497 e. The first-order chi connectivity index (χ1) is 12.4. The van der Waals surface area contributed by atoms with E-state index in [4.69, 9.17) is 14.0 Å². The molecule has 0 fully saturated rings. The maximum Gasteiger partial charge on any atom is 0.375 e. The molecule has 0 aliphatic rings. The Labute approximate surface area is 154 Å².